The highest BCUT2D eigenvalue weighted by atomic mass is 32.1. The quantitative estimate of drug-likeness (QED) is 0.356. The van der Waals surface area contributed by atoms with Gasteiger partial charge in [0.25, 0.3) is 5.91 Å². The average Bonchev–Trinajstić information content (AvgIpc) is 3.74. The zero-order valence-corrected chi connectivity index (χ0v) is 22.5. The fourth-order valence-corrected chi connectivity index (χ4v) is 6.88. The van der Waals surface area contributed by atoms with Gasteiger partial charge in [-0.05, 0) is 56.9 Å². The van der Waals surface area contributed by atoms with Crippen molar-refractivity contribution in [2.24, 2.45) is 5.41 Å². The van der Waals surface area contributed by atoms with E-state index in [0.717, 1.165) is 76.0 Å². The number of H-pyrrole nitrogens is 1. The molecule has 0 bridgehead atoms. The number of anilines is 2. The Morgan fingerprint density at radius 3 is 2.62 bits per heavy atom. The number of nitrogens with zero attached hydrogens (tertiary/aromatic N) is 5. The molecule has 192 valence electrons. The van der Waals surface area contributed by atoms with Gasteiger partial charge in [-0.25, -0.2) is 15.0 Å². The number of aromatic amines is 1. The number of thiazole rings is 1. The number of imidazole rings is 1. The van der Waals surface area contributed by atoms with E-state index in [1.54, 1.807) is 6.33 Å². The maximum atomic E-state index is 13.9. The second kappa shape index (κ2) is 7.86. The molecule has 7 rings (SSSR count). The van der Waals surface area contributed by atoms with Gasteiger partial charge in [-0.1, -0.05) is 25.2 Å². The number of rotatable bonds is 6. The predicted octanol–water partition coefficient (Wildman–Crippen LogP) is 5.36. The highest BCUT2D eigenvalue weighted by molar-refractivity contribution is 7.17. The van der Waals surface area contributed by atoms with Crippen LogP contribution in [0.3, 0.4) is 0 Å². The summed E-state index contributed by atoms with van der Waals surface area (Å²) in [5, 5.41) is 4.94. The first kappa shape index (κ1) is 22.9. The molecule has 37 heavy (non-hydrogen) atoms. The summed E-state index contributed by atoms with van der Waals surface area (Å²) < 4.78 is 2.04. The van der Waals surface area contributed by atoms with E-state index < -0.39 is 0 Å². The summed E-state index contributed by atoms with van der Waals surface area (Å²) in [6.45, 7) is 8.92. The van der Waals surface area contributed by atoms with Gasteiger partial charge in [-0.15, -0.1) is 0 Å². The number of hydrogen-bond acceptors (Lipinski definition) is 7. The molecule has 0 unspecified atom stereocenters. The van der Waals surface area contributed by atoms with E-state index in [1.165, 1.54) is 11.3 Å². The van der Waals surface area contributed by atoms with Crippen LogP contribution in [0.2, 0.25) is 0 Å². The predicted molar refractivity (Wildman–Crippen MR) is 144 cm³/mol. The second-order valence-corrected chi connectivity index (χ2v) is 12.5. The first-order valence-electron chi connectivity index (χ1n) is 13.2. The molecule has 0 spiro atoms. The van der Waals surface area contributed by atoms with Crippen molar-refractivity contribution < 1.29 is 9.59 Å². The van der Waals surface area contributed by atoms with Crippen LogP contribution < -0.4 is 5.32 Å². The number of hydrogen-bond donors (Lipinski definition) is 2. The van der Waals surface area contributed by atoms with Crippen molar-refractivity contribution in [3.05, 3.63) is 28.2 Å². The van der Waals surface area contributed by atoms with E-state index in [2.05, 4.69) is 41.0 Å². The average molecular weight is 518 g/mol. The van der Waals surface area contributed by atoms with Crippen molar-refractivity contribution in [2.75, 3.05) is 5.32 Å². The summed E-state index contributed by atoms with van der Waals surface area (Å²) in [5.74, 6) is 0.876. The van der Waals surface area contributed by atoms with Gasteiger partial charge >= 0.3 is 0 Å². The zero-order valence-electron chi connectivity index (χ0n) is 21.6. The van der Waals surface area contributed by atoms with Crippen molar-refractivity contribution in [1.82, 2.24) is 29.4 Å². The van der Waals surface area contributed by atoms with Gasteiger partial charge in [0.1, 0.15) is 22.4 Å². The summed E-state index contributed by atoms with van der Waals surface area (Å²) in [6, 6.07) is 0.754. The van der Waals surface area contributed by atoms with Gasteiger partial charge in [0.15, 0.2) is 16.7 Å². The molecular formula is C27H31N7O2S. The Hall–Kier alpha value is -3.27. The van der Waals surface area contributed by atoms with Crippen LogP contribution in [0, 0.1) is 12.3 Å². The molecule has 4 aromatic heterocycles. The van der Waals surface area contributed by atoms with Crippen LogP contribution in [0.4, 0.5) is 10.9 Å². The van der Waals surface area contributed by atoms with Crippen molar-refractivity contribution in [2.45, 2.75) is 84.8 Å². The third-order valence-electron chi connectivity index (χ3n) is 7.90. The summed E-state index contributed by atoms with van der Waals surface area (Å²) >= 11 is 1.39. The number of Topliss-reactive ketones (excluding diaryl/α,β-unsaturated/α-hetero) is 1. The molecule has 0 radical (unpaired) electrons. The third kappa shape index (κ3) is 3.59. The lowest BCUT2D eigenvalue weighted by Gasteiger charge is -2.26. The fraction of sp³-hybridized carbons (Fsp3) is 0.519. The van der Waals surface area contributed by atoms with Crippen LogP contribution >= 0.6 is 11.3 Å². The number of amides is 1. The van der Waals surface area contributed by atoms with Gasteiger partial charge in [-0.2, -0.15) is 0 Å². The largest absolute Gasteiger partial charge is 0.342 e. The maximum absolute atomic E-state index is 13.9. The van der Waals surface area contributed by atoms with Gasteiger partial charge < -0.3 is 19.8 Å². The highest BCUT2D eigenvalue weighted by Gasteiger charge is 2.44. The van der Waals surface area contributed by atoms with Crippen LogP contribution in [0.1, 0.15) is 84.3 Å². The molecule has 1 amide bonds. The Kier molecular flexibility index (Phi) is 4.87. The van der Waals surface area contributed by atoms with Gasteiger partial charge in [0, 0.05) is 25.0 Å². The summed E-state index contributed by atoms with van der Waals surface area (Å²) in [5.41, 5.74) is 4.73. The number of pyridine rings is 1. The Labute approximate surface area is 218 Å². The van der Waals surface area contributed by atoms with Crippen LogP contribution in [0.5, 0.6) is 0 Å². The van der Waals surface area contributed by atoms with Crippen LogP contribution in [-0.2, 0) is 13.0 Å². The maximum Gasteiger partial charge on any atom is 0.271 e. The van der Waals surface area contributed by atoms with Crippen LogP contribution in [-0.4, -0.2) is 53.2 Å². The molecule has 4 aromatic rings. The summed E-state index contributed by atoms with van der Waals surface area (Å²) in [7, 11) is 0. The van der Waals surface area contributed by atoms with Crippen LogP contribution in [0.25, 0.3) is 22.1 Å². The smallest absolute Gasteiger partial charge is 0.271 e. The molecule has 0 aliphatic heterocycles. The Balaban J connectivity index is 1.34. The zero-order chi connectivity index (χ0) is 25.6. The van der Waals surface area contributed by atoms with E-state index in [9.17, 15) is 9.59 Å². The minimum atomic E-state index is -0.0829. The number of carbonyl (C=O) groups excluding carboxylic acids is 2. The molecule has 10 heteroatoms. The molecule has 2 saturated carbocycles. The molecule has 4 heterocycles. The fourth-order valence-electron chi connectivity index (χ4n) is 5.96. The minimum Gasteiger partial charge on any atom is -0.342 e. The SMILES string of the molecule is CCn1c(C(=O)N(C2CC2)C2CC2)c(C)c2c3nc[nH]c3c(Nc3nc4c(s3)C(=O)CC(C)(C)C4)nc21. The van der Waals surface area contributed by atoms with Gasteiger partial charge in [0.2, 0.25) is 0 Å². The molecule has 2 fully saturated rings. The van der Waals surface area contributed by atoms with Crippen LogP contribution in [0.15, 0.2) is 6.33 Å². The van der Waals surface area contributed by atoms with E-state index >= 15 is 0 Å². The number of ketones is 1. The Morgan fingerprint density at radius 1 is 1.22 bits per heavy atom. The molecule has 0 saturated heterocycles. The molecule has 0 atom stereocenters. The van der Waals surface area contributed by atoms with Crippen molar-refractivity contribution in [3.63, 3.8) is 0 Å². The van der Waals surface area contributed by atoms with E-state index in [1.807, 2.05) is 11.5 Å². The lowest BCUT2D eigenvalue weighted by Crippen LogP contribution is -2.36. The Bertz CT molecular complexity index is 1590. The molecule has 3 aliphatic carbocycles. The summed E-state index contributed by atoms with van der Waals surface area (Å²) in [4.78, 5) is 47.2. The van der Waals surface area contributed by atoms with Crippen molar-refractivity contribution in [1.29, 1.82) is 0 Å². The van der Waals surface area contributed by atoms with Gasteiger partial charge in [0.05, 0.1) is 22.3 Å². The topological polar surface area (TPSA) is 109 Å². The molecule has 0 aromatic carbocycles. The minimum absolute atomic E-state index is 0.0829. The number of carbonyl (C=O) groups is 2. The van der Waals surface area contributed by atoms with E-state index in [-0.39, 0.29) is 17.1 Å². The monoisotopic (exact) mass is 517 g/mol. The molecule has 3 aliphatic rings. The highest BCUT2D eigenvalue weighted by Crippen LogP contribution is 2.42. The number of aryl methyl sites for hydroxylation is 2. The second-order valence-electron chi connectivity index (χ2n) is 11.5. The van der Waals surface area contributed by atoms with E-state index in [0.29, 0.717) is 36.0 Å². The van der Waals surface area contributed by atoms with Crippen molar-refractivity contribution >= 4 is 56.0 Å². The standard InChI is InChI=1S/C27H31N7O2S/c1-5-33-21(25(36)34(14-6-7-14)15-8-9-15)13(2)18-19-20(29-12-28-19)23(31-24(18)33)32-26-30-16-10-27(3,4)11-17(35)22(16)37-26/h12,14-15H,5-11H2,1-4H3,(H,28,29)(H,30,31,32). The summed E-state index contributed by atoms with van der Waals surface area (Å²) in [6.07, 6.45) is 7.38. The molecule has 9 nitrogen and oxygen atoms in total. The molecule has 2 N–H and O–H groups in total. The normalized spacial score (nSPS) is 19.0. The van der Waals surface area contributed by atoms with Gasteiger partial charge in [-0.3, -0.25) is 9.59 Å². The lowest BCUT2D eigenvalue weighted by atomic mass is 9.78. The number of aromatic nitrogens is 5. The Morgan fingerprint density at radius 2 is 1.95 bits per heavy atom. The first-order chi connectivity index (χ1) is 17.8. The molecular weight excluding hydrogens is 486 g/mol. The number of fused-ring (bicyclic) bond motifs is 4. The first-order valence-corrected chi connectivity index (χ1v) is 14.1. The third-order valence-corrected chi connectivity index (χ3v) is 8.96. The lowest BCUT2D eigenvalue weighted by molar-refractivity contribution is 0.0718. The van der Waals surface area contributed by atoms with E-state index in [4.69, 9.17) is 9.97 Å². The van der Waals surface area contributed by atoms with Crippen molar-refractivity contribution in [3.8, 4) is 0 Å². The number of nitrogens with one attached hydrogen (secondary N) is 2.